The summed E-state index contributed by atoms with van der Waals surface area (Å²) in [6.07, 6.45) is 9.63. The average Bonchev–Trinajstić information content (AvgIpc) is 2.83. The lowest BCUT2D eigenvalue weighted by atomic mass is 10.1. The Labute approximate surface area is 148 Å². The quantitative estimate of drug-likeness (QED) is 0.380. The largest absolute Gasteiger partial charge is 0.390 e. The fraction of sp³-hybridized carbons (Fsp3) is 0.118. The molecule has 0 radical (unpaired) electrons. The Morgan fingerprint density at radius 1 is 1.38 bits per heavy atom. The molecule has 1 aromatic heterocycles. The zero-order valence-electron chi connectivity index (χ0n) is 13.7. The van der Waals surface area contributed by atoms with Gasteiger partial charge in [0.25, 0.3) is 5.70 Å². The van der Waals surface area contributed by atoms with E-state index in [1.165, 1.54) is 21.7 Å². The first kappa shape index (κ1) is 17.1. The van der Waals surface area contributed by atoms with Crippen molar-refractivity contribution in [3.63, 3.8) is 0 Å². The number of para-hydroxylation sites is 2. The van der Waals surface area contributed by atoms with E-state index in [4.69, 9.17) is 5.73 Å². The maximum atomic E-state index is 12.7. The molecule has 0 fully saturated rings. The minimum atomic E-state index is -0.464. The fourth-order valence-electron chi connectivity index (χ4n) is 2.61. The lowest BCUT2D eigenvalue weighted by Crippen LogP contribution is -2.25. The van der Waals surface area contributed by atoms with Crippen molar-refractivity contribution in [2.75, 3.05) is 0 Å². The SMILES string of the molecule is NC=Nc1ccccc1-n1cnn(CC2=CCC=CC=C2[N+](=O)[O-])c1=O. The molecule has 0 bridgehead atoms. The number of aliphatic imine (C=N–C) groups is 1. The van der Waals surface area contributed by atoms with Gasteiger partial charge in [-0.3, -0.25) is 10.1 Å². The zero-order chi connectivity index (χ0) is 18.5. The molecular weight excluding hydrogens is 336 g/mol. The molecule has 0 saturated heterocycles. The molecule has 26 heavy (non-hydrogen) atoms. The van der Waals surface area contributed by atoms with Gasteiger partial charge < -0.3 is 5.73 Å². The zero-order valence-corrected chi connectivity index (χ0v) is 13.7. The Morgan fingerprint density at radius 3 is 2.96 bits per heavy atom. The lowest BCUT2D eigenvalue weighted by Gasteiger charge is -2.05. The van der Waals surface area contributed by atoms with Crippen LogP contribution in [0.3, 0.4) is 0 Å². The number of nitro groups is 1. The van der Waals surface area contributed by atoms with Crippen LogP contribution < -0.4 is 11.4 Å². The maximum Gasteiger partial charge on any atom is 0.350 e. The summed E-state index contributed by atoms with van der Waals surface area (Å²) in [5.41, 5.74) is 6.34. The van der Waals surface area contributed by atoms with E-state index in [9.17, 15) is 14.9 Å². The van der Waals surface area contributed by atoms with Gasteiger partial charge in [-0.25, -0.2) is 19.0 Å². The Kier molecular flexibility index (Phi) is 4.88. The number of allylic oxidation sites excluding steroid dienone is 5. The molecule has 9 nitrogen and oxygen atoms in total. The highest BCUT2D eigenvalue weighted by Crippen LogP contribution is 2.21. The molecule has 1 aliphatic carbocycles. The molecule has 0 amide bonds. The van der Waals surface area contributed by atoms with E-state index in [0.29, 0.717) is 23.4 Å². The van der Waals surface area contributed by atoms with Crippen molar-refractivity contribution in [3.05, 3.63) is 86.8 Å². The van der Waals surface area contributed by atoms with Gasteiger partial charge in [-0.15, -0.1) is 0 Å². The second-order valence-corrected chi connectivity index (χ2v) is 5.41. The third-order valence-corrected chi connectivity index (χ3v) is 3.82. The number of hydrogen-bond acceptors (Lipinski definition) is 5. The van der Waals surface area contributed by atoms with E-state index < -0.39 is 10.6 Å². The minimum Gasteiger partial charge on any atom is -0.390 e. The molecule has 1 aromatic carbocycles. The van der Waals surface area contributed by atoms with Gasteiger partial charge in [0, 0.05) is 11.6 Å². The van der Waals surface area contributed by atoms with E-state index in [1.807, 2.05) is 0 Å². The summed E-state index contributed by atoms with van der Waals surface area (Å²) in [6.45, 7) is 0.00263. The van der Waals surface area contributed by atoms with Gasteiger partial charge in [-0.1, -0.05) is 30.4 Å². The van der Waals surface area contributed by atoms with Crippen molar-refractivity contribution >= 4 is 12.0 Å². The molecule has 1 aliphatic rings. The molecule has 0 unspecified atom stereocenters. The second kappa shape index (κ2) is 7.43. The van der Waals surface area contributed by atoms with Crippen molar-refractivity contribution in [2.24, 2.45) is 10.7 Å². The summed E-state index contributed by atoms with van der Waals surface area (Å²) in [5.74, 6) is 0. The van der Waals surface area contributed by atoms with Crippen molar-refractivity contribution in [3.8, 4) is 5.69 Å². The van der Waals surface area contributed by atoms with Crippen LogP contribution in [0.5, 0.6) is 0 Å². The molecule has 132 valence electrons. The van der Waals surface area contributed by atoms with Crippen molar-refractivity contribution in [1.82, 2.24) is 14.3 Å². The van der Waals surface area contributed by atoms with Crippen LogP contribution in [-0.2, 0) is 6.54 Å². The van der Waals surface area contributed by atoms with Crippen LogP contribution in [-0.4, -0.2) is 25.6 Å². The molecule has 0 spiro atoms. The highest BCUT2D eigenvalue weighted by atomic mass is 16.6. The average molecular weight is 352 g/mol. The smallest absolute Gasteiger partial charge is 0.350 e. The van der Waals surface area contributed by atoms with Gasteiger partial charge in [0.2, 0.25) is 0 Å². The summed E-state index contributed by atoms with van der Waals surface area (Å²) in [5, 5.41) is 15.3. The van der Waals surface area contributed by atoms with E-state index in [2.05, 4.69) is 10.1 Å². The van der Waals surface area contributed by atoms with Gasteiger partial charge >= 0.3 is 5.69 Å². The van der Waals surface area contributed by atoms with Crippen LogP contribution in [0.4, 0.5) is 5.69 Å². The standard InChI is InChI=1S/C17H16N6O3/c18-11-19-14-7-4-5-9-16(14)21-12-20-22(17(21)24)10-13-6-2-1-3-8-15(13)23(25)26/h1,3-9,11-12H,2,10H2,(H2,18,19). The predicted octanol–water partition coefficient (Wildman–Crippen LogP) is 1.70. The van der Waals surface area contributed by atoms with Gasteiger partial charge in [0.05, 0.1) is 29.2 Å². The highest BCUT2D eigenvalue weighted by molar-refractivity contribution is 5.65. The molecule has 2 aromatic rings. The van der Waals surface area contributed by atoms with Gasteiger partial charge in [-0.05, 0) is 18.6 Å². The minimum absolute atomic E-state index is 0.00263. The van der Waals surface area contributed by atoms with Gasteiger partial charge in [-0.2, -0.15) is 5.10 Å². The molecule has 0 atom stereocenters. The molecule has 0 aliphatic heterocycles. The topological polar surface area (TPSA) is 121 Å². The maximum absolute atomic E-state index is 12.7. The number of hydrogen-bond donors (Lipinski definition) is 1. The van der Waals surface area contributed by atoms with Crippen molar-refractivity contribution in [2.45, 2.75) is 13.0 Å². The molecule has 0 saturated carbocycles. The van der Waals surface area contributed by atoms with Crippen LogP contribution in [0.25, 0.3) is 5.69 Å². The van der Waals surface area contributed by atoms with Crippen LogP contribution >= 0.6 is 0 Å². The first-order valence-corrected chi connectivity index (χ1v) is 7.80. The van der Waals surface area contributed by atoms with E-state index in [1.54, 1.807) is 42.5 Å². The lowest BCUT2D eigenvalue weighted by molar-refractivity contribution is -0.421. The first-order valence-electron chi connectivity index (χ1n) is 7.80. The molecule has 3 rings (SSSR count). The van der Waals surface area contributed by atoms with Crippen molar-refractivity contribution < 1.29 is 4.92 Å². The van der Waals surface area contributed by atoms with Gasteiger partial charge in [0.15, 0.2) is 0 Å². The van der Waals surface area contributed by atoms with E-state index in [-0.39, 0.29) is 12.2 Å². The van der Waals surface area contributed by atoms with Crippen LogP contribution in [0.1, 0.15) is 6.42 Å². The Bertz CT molecular complexity index is 1010. The third kappa shape index (κ3) is 3.36. The summed E-state index contributed by atoms with van der Waals surface area (Å²) >= 11 is 0. The third-order valence-electron chi connectivity index (χ3n) is 3.82. The monoisotopic (exact) mass is 352 g/mol. The van der Waals surface area contributed by atoms with Crippen LogP contribution in [0.2, 0.25) is 0 Å². The Morgan fingerprint density at radius 2 is 2.19 bits per heavy atom. The molecule has 9 heteroatoms. The van der Waals surface area contributed by atoms with E-state index >= 15 is 0 Å². The Balaban J connectivity index is 1.97. The summed E-state index contributed by atoms with van der Waals surface area (Å²) in [7, 11) is 0. The highest BCUT2D eigenvalue weighted by Gasteiger charge is 2.20. The normalized spacial score (nSPS) is 14.2. The van der Waals surface area contributed by atoms with Gasteiger partial charge in [0.1, 0.15) is 6.33 Å². The number of rotatable bonds is 5. The number of benzene rings is 1. The number of nitrogens with zero attached hydrogens (tertiary/aromatic N) is 5. The Hall–Kier alpha value is -3.75. The molecule has 1 heterocycles. The molecule has 2 N–H and O–H groups in total. The summed E-state index contributed by atoms with van der Waals surface area (Å²) in [6, 6.07) is 6.98. The van der Waals surface area contributed by atoms with Crippen LogP contribution in [0.15, 0.2) is 76.0 Å². The number of nitrogens with two attached hydrogens (primary N) is 1. The van der Waals surface area contributed by atoms with Crippen LogP contribution in [0, 0.1) is 10.1 Å². The fourth-order valence-corrected chi connectivity index (χ4v) is 2.61. The summed E-state index contributed by atoms with van der Waals surface area (Å²) in [4.78, 5) is 27.5. The second-order valence-electron chi connectivity index (χ2n) is 5.41. The molecular formula is C17H16N6O3. The predicted molar refractivity (Wildman–Crippen MR) is 97.1 cm³/mol. The number of aromatic nitrogens is 3. The van der Waals surface area contributed by atoms with E-state index in [0.717, 1.165) is 6.34 Å². The van der Waals surface area contributed by atoms with Crippen molar-refractivity contribution in [1.29, 1.82) is 0 Å². The summed E-state index contributed by atoms with van der Waals surface area (Å²) < 4.78 is 2.50. The first-order chi connectivity index (χ1) is 12.6.